The molecule has 102 valence electrons. The van der Waals surface area contributed by atoms with Gasteiger partial charge in [0, 0.05) is 5.56 Å². The van der Waals surface area contributed by atoms with E-state index in [1.165, 1.54) is 0 Å². The minimum atomic E-state index is -2.16. The van der Waals surface area contributed by atoms with Crippen molar-refractivity contribution in [3.63, 3.8) is 0 Å². The van der Waals surface area contributed by atoms with E-state index >= 15 is 0 Å². The topological polar surface area (TPSA) is 35.5 Å². The van der Waals surface area contributed by atoms with E-state index in [2.05, 4.69) is 0 Å². The molecular formula is C15H20O3Si. The van der Waals surface area contributed by atoms with Crippen LogP contribution in [0.4, 0.5) is 0 Å². The summed E-state index contributed by atoms with van der Waals surface area (Å²) in [5, 5.41) is 0. The average molecular weight is 276 g/mol. The van der Waals surface area contributed by atoms with Crippen molar-refractivity contribution in [2.75, 3.05) is 0 Å². The van der Waals surface area contributed by atoms with E-state index in [1.54, 1.807) is 0 Å². The summed E-state index contributed by atoms with van der Waals surface area (Å²) in [5.41, 5.74) is 0.0275. The van der Waals surface area contributed by atoms with Gasteiger partial charge in [0.1, 0.15) is 5.60 Å². The molecule has 0 bridgehead atoms. The monoisotopic (exact) mass is 276 g/mol. The largest absolute Gasteiger partial charge is 0.388 e. The maximum Gasteiger partial charge on any atom is 0.332 e. The Kier molecular flexibility index (Phi) is 3.12. The molecule has 0 spiro atoms. The summed E-state index contributed by atoms with van der Waals surface area (Å²) in [6.45, 7) is 4.07. The second-order valence-electron chi connectivity index (χ2n) is 5.94. The number of carbonyl (C=O) groups is 1. The standard InChI is InChI=1S/C15H20O3Si/c1-19(2)17-13-10-6-7-11-15(13,18-19)14(16)12-8-4-3-5-9-12/h3-5,8-9,13H,6-7,10-11H2,1-2H3. The summed E-state index contributed by atoms with van der Waals surface area (Å²) >= 11 is 0. The van der Waals surface area contributed by atoms with Gasteiger partial charge < -0.3 is 8.85 Å². The molecule has 19 heavy (non-hydrogen) atoms. The van der Waals surface area contributed by atoms with E-state index in [9.17, 15) is 4.79 Å². The summed E-state index contributed by atoms with van der Waals surface area (Å²) in [6, 6.07) is 9.48. The van der Waals surface area contributed by atoms with Crippen molar-refractivity contribution in [2.45, 2.75) is 50.5 Å². The van der Waals surface area contributed by atoms with Gasteiger partial charge in [0.2, 0.25) is 0 Å². The van der Waals surface area contributed by atoms with Crippen LogP contribution >= 0.6 is 0 Å². The zero-order valence-electron chi connectivity index (χ0n) is 11.5. The molecule has 0 N–H and O–H groups in total. The molecule has 2 atom stereocenters. The fraction of sp³-hybridized carbons (Fsp3) is 0.533. The van der Waals surface area contributed by atoms with E-state index < -0.39 is 14.2 Å². The lowest BCUT2D eigenvalue weighted by atomic mass is 9.77. The van der Waals surface area contributed by atoms with Crippen LogP contribution < -0.4 is 0 Å². The molecule has 1 aromatic carbocycles. The molecule has 3 rings (SSSR count). The number of rotatable bonds is 2. The summed E-state index contributed by atoms with van der Waals surface area (Å²) < 4.78 is 12.3. The van der Waals surface area contributed by atoms with Gasteiger partial charge in [0.25, 0.3) is 0 Å². The maximum atomic E-state index is 12.9. The van der Waals surface area contributed by atoms with Crippen LogP contribution in [-0.2, 0) is 8.85 Å². The van der Waals surface area contributed by atoms with Crippen LogP contribution in [0.15, 0.2) is 30.3 Å². The third kappa shape index (κ3) is 2.18. The van der Waals surface area contributed by atoms with Crippen LogP contribution in [0.2, 0.25) is 13.1 Å². The number of ketones is 1. The van der Waals surface area contributed by atoms with E-state index in [4.69, 9.17) is 8.85 Å². The highest BCUT2D eigenvalue weighted by Gasteiger charge is 2.59. The lowest BCUT2D eigenvalue weighted by Gasteiger charge is -2.36. The number of hydrogen-bond acceptors (Lipinski definition) is 3. The molecule has 0 radical (unpaired) electrons. The van der Waals surface area contributed by atoms with E-state index in [0.717, 1.165) is 31.2 Å². The van der Waals surface area contributed by atoms with Crippen LogP contribution in [0.5, 0.6) is 0 Å². The molecule has 1 aliphatic carbocycles. The highest BCUT2D eigenvalue weighted by Crippen LogP contribution is 2.45. The fourth-order valence-corrected chi connectivity index (χ4v) is 5.57. The van der Waals surface area contributed by atoms with E-state index in [0.29, 0.717) is 0 Å². The quantitative estimate of drug-likeness (QED) is 0.614. The van der Waals surface area contributed by atoms with Crippen LogP contribution in [0.3, 0.4) is 0 Å². The fourth-order valence-electron chi connectivity index (χ4n) is 3.33. The van der Waals surface area contributed by atoms with Gasteiger partial charge in [-0.3, -0.25) is 4.79 Å². The number of carbonyl (C=O) groups excluding carboxylic acids is 1. The van der Waals surface area contributed by atoms with Gasteiger partial charge in [0.15, 0.2) is 5.78 Å². The van der Waals surface area contributed by atoms with Crippen molar-refractivity contribution in [1.29, 1.82) is 0 Å². The molecule has 0 amide bonds. The van der Waals surface area contributed by atoms with Gasteiger partial charge >= 0.3 is 8.56 Å². The van der Waals surface area contributed by atoms with Gasteiger partial charge in [-0.1, -0.05) is 36.8 Å². The third-order valence-electron chi connectivity index (χ3n) is 4.06. The first kappa shape index (κ1) is 13.0. The van der Waals surface area contributed by atoms with Gasteiger partial charge in [0.05, 0.1) is 6.10 Å². The molecule has 2 unspecified atom stereocenters. The summed E-state index contributed by atoms with van der Waals surface area (Å²) in [7, 11) is -2.16. The smallest absolute Gasteiger partial charge is 0.332 e. The second-order valence-corrected chi connectivity index (χ2v) is 9.18. The van der Waals surface area contributed by atoms with E-state index in [1.807, 2.05) is 43.4 Å². The average Bonchev–Trinajstić information content (AvgIpc) is 2.70. The molecule has 3 nitrogen and oxygen atoms in total. The first-order chi connectivity index (χ1) is 9.04. The molecule has 1 saturated carbocycles. The van der Waals surface area contributed by atoms with Gasteiger partial charge in [-0.25, -0.2) is 0 Å². The van der Waals surface area contributed by atoms with Crippen molar-refractivity contribution in [1.82, 2.24) is 0 Å². The summed E-state index contributed by atoms with van der Waals surface area (Å²) in [4.78, 5) is 12.9. The Morgan fingerprint density at radius 1 is 1.26 bits per heavy atom. The SMILES string of the molecule is C[Si]1(C)OC2CCCCC2(C(=O)c2ccccc2)O1. The minimum Gasteiger partial charge on any atom is -0.388 e. The lowest BCUT2D eigenvalue weighted by molar-refractivity contribution is 0.00958. The summed E-state index contributed by atoms with van der Waals surface area (Å²) in [6.07, 6.45) is 3.86. The van der Waals surface area contributed by atoms with E-state index in [-0.39, 0.29) is 11.9 Å². The molecule has 2 aliphatic rings. The van der Waals surface area contributed by atoms with Crippen LogP contribution in [-0.4, -0.2) is 26.0 Å². The molecule has 1 aromatic rings. The maximum absolute atomic E-state index is 12.9. The Morgan fingerprint density at radius 2 is 2.00 bits per heavy atom. The molecule has 4 heteroatoms. The first-order valence-electron chi connectivity index (χ1n) is 7.01. The predicted molar refractivity (Wildman–Crippen MR) is 75.4 cm³/mol. The second kappa shape index (κ2) is 4.54. The Morgan fingerprint density at radius 3 is 2.74 bits per heavy atom. The number of hydrogen-bond donors (Lipinski definition) is 0. The Hall–Kier alpha value is -0.973. The Balaban J connectivity index is 1.98. The molecular weight excluding hydrogens is 256 g/mol. The molecule has 1 aliphatic heterocycles. The predicted octanol–water partition coefficient (Wildman–Crippen LogP) is 3.30. The number of benzene rings is 1. The highest BCUT2D eigenvalue weighted by molar-refractivity contribution is 6.65. The Bertz CT molecular complexity index is 485. The number of Topliss-reactive ketones (excluding diaryl/α,β-unsaturated/α-hetero) is 1. The minimum absolute atomic E-state index is 0.0457. The molecule has 0 aromatic heterocycles. The van der Waals surface area contributed by atoms with Crippen molar-refractivity contribution in [3.05, 3.63) is 35.9 Å². The zero-order valence-corrected chi connectivity index (χ0v) is 12.5. The van der Waals surface area contributed by atoms with Gasteiger partial charge in [-0.2, -0.15) is 0 Å². The van der Waals surface area contributed by atoms with Crippen LogP contribution in [0.1, 0.15) is 36.0 Å². The highest BCUT2D eigenvalue weighted by atomic mass is 28.4. The third-order valence-corrected chi connectivity index (χ3v) is 5.77. The van der Waals surface area contributed by atoms with Crippen molar-refractivity contribution >= 4 is 14.3 Å². The van der Waals surface area contributed by atoms with Crippen LogP contribution in [0, 0.1) is 0 Å². The number of fused-ring (bicyclic) bond motifs is 1. The normalized spacial score (nSPS) is 32.8. The Labute approximate surface area is 115 Å². The molecule has 1 saturated heterocycles. The summed E-state index contributed by atoms with van der Waals surface area (Å²) in [5.74, 6) is 0.107. The van der Waals surface area contributed by atoms with Crippen LogP contribution in [0.25, 0.3) is 0 Å². The lowest BCUT2D eigenvalue weighted by Crippen LogP contribution is -2.50. The van der Waals surface area contributed by atoms with Crippen molar-refractivity contribution < 1.29 is 13.6 Å². The van der Waals surface area contributed by atoms with Crippen molar-refractivity contribution in [3.8, 4) is 0 Å². The first-order valence-corrected chi connectivity index (χ1v) is 9.83. The van der Waals surface area contributed by atoms with Gasteiger partial charge in [-0.05, 0) is 32.4 Å². The van der Waals surface area contributed by atoms with Gasteiger partial charge in [-0.15, -0.1) is 0 Å². The molecule has 1 heterocycles. The van der Waals surface area contributed by atoms with Crippen molar-refractivity contribution in [2.24, 2.45) is 0 Å². The molecule has 2 fully saturated rings. The zero-order chi connectivity index (χ0) is 13.5.